The van der Waals surface area contributed by atoms with Gasteiger partial charge in [-0.3, -0.25) is 9.59 Å². The summed E-state index contributed by atoms with van der Waals surface area (Å²) in [6.07, 6.45) is 0. The molecule has 2 N–H and O–H groups in total. The minimum absolute atomic E-state index is 0.0684. The SMILES string of the molecule is CC(C)(C)NC(=O)CNC(=O)c1cc(-c2cccs2)nc2ccccc12. The quantitative estimate of drug-likeness (QED) is 0.740. The molecule has 0 aliphatic carbocycles. The van der Waals surface area contributed by atoms with Crippen LogP contribution < -0.4 is 10.6 Å². The molecule has 0 radical (unpaired) electrons. The second-order valence-corrected chi connectivity index (χ2v) is 7.98. The molecule has 3 rings (SSSR count). The van der Waals surface area contributed by atoms with Gasteiger partial charge in [0.25, 0.3) is 5.91 Å². The molecular weight excluding hydrogens is 346 g/mol. The molecule has 0 atom stereocenters. The largest absolute Gasteiger partial charge is 0.350 e. The summed E-state index contributed by atoms with van der Waals surface area (Å²) in [7, 11) is 0. The van der Waals surface area contributed by atoms with E-state index in [0.29, 0.717) is 5.56 Å². The Kier molecular flexibility index (Phi) is 5.04. The minimum Gasteiger partial charge on any atom is -0.350 e. The molecule has 6 heteroatoms. The molecule has 134 valence electrons. The van der Waals surface area contributed by atoms with E-state index < -0.39 is 0 Å². The smallest absolute Gasteiger partial charge is 0.252 e. The molecule has 0 bridgehead atoms. The maximum Gasteiger partial charge on any atom is 0.252 e. The second-order valence-electron chi connectivity index (χ2n) is 7.03. The van der Waals surface area contributed by atoms with Crippen LogP contribution in [0.15, 0.2) is 47.8 Å². The van der Waals surface area contributed by atoms with Gasteiger partial charge in [0.1, 0.15) is 0 Å². The van der Waals surface area contributed by atoms with Gasteiger partial charge in [0.05, 0.1) is 28.2 Å². The average molecular weight is 367 g/mol. The molecule has 0 unspecified atom stereocenters. The number of amides is 2. The van der Waals surface area contributed by atoms with E-state index in [0.717, 1.165) is 21.5 Å². The van der Waals surface area contributed by atoms with Crippen molar-refractivity contribution in [2.24, 2.45) is 0 Å². The number of nitrogens with one attached hydrogen (secondary N) is 2. The Morgan fingerprint density at radius 3 is 2.58 bits per heavy atom. The van der Waals surface area contributed by atoms with Crippen LogP contribution >= 0.6 is 11.3 Å². The second kappa shape index (κ2) is 7.25. The Labute approximate surface area is 156 Å². The van der Waals surface area contributed by atoms with Gasteiger partial charge in [0.2, 0.25) is 5.91 Å². The Balaban J connectivity index is 1.88. The van der Waals surface area contributed by atoms with Gasteiger partial charge in [-0.05, 0) is 44.4 Å². The van der Waals surface area contributed by atoms with E-state index >= 15 is 0 Å². The molecule has 0 spiro atoms. The summed E-state index contributed by atoms with van der Waals surface area (Å²) in [6, 6.07) is 13.2. The van der Waals surface area contributed by atoms with Crippen molar-refractivity contribution in [3.8, 4) is 10.6 Å². The lowest BCUT2D eigenvalue weighted by molar-refractivity contribution is -0.121. The van der Waals surface area contributed by atoms with Crippen molar-refractivity contribution in [2.75, 3.05) is 6.54 Å². The summed E-state index contributed by atoms with van der Waals surface area (Å²) in [5, 5.41) is 8.28. The molecule has 0 aliphatic heterocycles. The zero-order valence-electron chi connectivity index (χ0n) is 15.0. The van der Waals surface area contributed by atoms with Gasteiger partial charge in [0, 0.05) is 10.9 Å². The van der Waals surface area contributed by atoms with Crippen molar-refractivity contribution in [1.82, 2.24) is 15.6 Å². The first-order chi connectivity index (χ1) is 12.3. The van der Waals surface area contributed by atoms with Crippen LogP contribution in [0.1, 0.15) is 31.1 Å². The Morgan fingerprint density at radius 2 is 1.88 bits per heavy atom. The Hall–Kier alpha value is -2.73. The Morgan fingerprint density at radius 1 is 1.12 bits per heavy atom. The highest BCUT2D eigenvalue weighted by Gasteiger charge is 2.17. The van der Waals surface area contributed by atoms with Gasteiger partial charge in [-0.1, -0.05) is 24.3 Å². The zero-order chi connectivity index (χ0) is 18.7. The number of fused-ring (bicyclic) bond motifs is 1. The number of thiophene rings is 1. The van der Waals surface area contributed by atoms with Crippen LogP contribution in [-0.2, 0) is 4.79 Å². The summed E-state index contributed by atoms with van der Waals surface area (Å²) >= 11 is 1.57. The zero-order valence-corrected chi connectivity index (χ0v) is 15.8. The molecule has 2 heterocycles. The number of pyridine rings is 1. The van der Waals surface area contributed by atoms with Gasteiger partial charge in [0.15, 0.2) is 0 Å². The fraction of sp³-hybridized carbons (Fsp3) is 0.250. The van der Waals surface area contributed by atoms with Gasteiger partial charge in [-0.15, -0.1) is 11.3 Å². The van der Waals surface area contributed by atoms with Crippen molar-refractivity contribution < 1.29 is 9.59 Å². The highest BCUT2D eigenvalue weighted by atomic mass is 32.1. The third-order valence-electron chi connectivity index (χ3n) is 3.66. The predicted octanol–water partition coefficient (Wildman–Crippen LogP) is 3.61. The molecule has 1 aromatic carbocycles. The third-order valence-corrected chi connectivity index (χ3v) is 4.55. The van der Waals surface area contributed by atoms with Crippen LogP contribution in [0.3, 0.4) is 0 Å². The summed E-state index contributed by atoms with van der Waals surface area (Å²) in [5.74, 6) is -0.506. The number of carbonyl (C=O) groups is 2. The van der Waals surface area contributed by atoms with Crippen LogP contribution in [0.5, 0.6) is 0 Å². The van der Waals surface area contributed by atoms with Crippen molar-refractivity contribution in [1.29, 1.82) is 0 Å². The van der Waals surface area contributed by atoms with Crippen LogP contribution in [-0.4, -0.2) is 28.9 Å². The van der Waals surface area contributed by atoms with Gasteiger partial charge in [-0.2, -0.15) is 0 Å². The molecule has 0 saturated heterocycles. The number of benzene rings is 1. The summed E-state index contributed by atoms with van der Waals surface area (Å²) in [4.78, 5) is 30.4. The number of carbonyl (C=O) groups excluding carboxylic acids is 2. The van der Waals surface area contributed by atoms with Crippen molar-refractivity contribution in [3.05, 3.63) is 53.4 Å². The molecule has 5 nitrogen and oxygen atoms in total. The van der Waals surface area contributed by atoms with Gasteiger partial charge >= 0.3 is 0 Å². The van der Waals surface area contributed by atoms with E-state index in [1.807, 2.05) is 62.5 Å². The van der Waals surface area contributed by atoms with E-state index in [-0.39, 0.29) is 23.9 Å². The van der Waals surface area contributed by atoms with Crippen molar-refractivity contribution in [2.45, 2.75) is 26.3 Å². The fourth-order valence-corrected chi connectivity index (χ4v) is 3.32. The molecule has 0 fully saturated rings. The lowest BCUT2D eigenvalue weighted by Gasteiger charge is -2.20. The summed E-state index contributed by atoms with van der Waals surface area (Å²) in [5.41, 5.74) is 1.69. The average Bonchev–Trinajstić information content (AvgIpc) is 3.12. The van der Waals surface area contributed by atoms with E-state index in [4.69, 9.17) is 0 Å². The maximum absolute atomic E-state index is 12.7. The molecule has 26 heavy (non-hydrogen) atoms. The first-order valence-electron chi connectivity index (χ1n) is 8.36. The highest BCUT2D eigenvalue weighted by Crippen LogP contribution is 2.27. The number of rotatable bonds is 4. The monoisotopic (exact) mass is 367 g/mol. The molecule has 0 saturated carbocycles. The van der Waals surface area contributed by atoms with Crippen LogP contribution in [0, 0.1) is 0 Å². The third kappa shape index (κ3) is 4.26. The fourth-order valence-electron chi connectivity index (χ4n) is 2.63. The molecule has 2 amide bonds. The van der Waals surface area contributed by atoms with Crippen LogP contribution in [0.2, 0.25) is 0 Å². The number of aromatic nitrogens is 1. The van der Waals surface area contributed by atoms with E-state index in [1.165, 1.54) is 0 Å². The van der Waals surface area contributed by atoms with Gasteiger partial charge in [-0.25, -0.2) is 4.98 Å². The molecule has 3 aromatic rings. The normalized spacial score (nSPS) is 11.3. The topological polar surface area (TPSA) is 71.1 Å². The first-order valence-corrected chi connectivity index (χ1v) is 9.24. The number of para-hydroxylation sites is 1. The molecule has 0 aliphatic rings. The van der Waals surface area contributed by atoms with Crippen LogP contribution in [0.4, 0.5) is 0 Å². The predicted molar refractivity (Wildman–Crippen MR) is 105 cm³/mol. The number of nitrogens with zero attached hydrogens (tertiary/aromatic N) is 1. The van der Waals surface area contributed by atoms with Gasteiger partial charge < -0.3 is 10.6 Å². The van der Waals surface area contributed by atoms with E-state index in [9.17, 15) is 9.59 Å². The van der Waals surface area contributed by atoms with E-state index in [1.54, 1.807) is 17.4 Å². The molecule has 2 aromatic heterocycles. The van der Waals surface area contributed by atoms with E-state index in [2.05, 4.69) is 15.6 Å². The highest BCUT2D eigenvalue weighted by molar-refractivity contribution is 7.13. The minimum atomic E-state index is -0.336. The summed E-state index contributed by atoms with van der Waals surface area (Å²) < 4.78 is 0. The lowest BCUT2D eigenvalue weighted by atomic mass is 10.1. The Bertz CT molecular complexity index is 943. The number of hydrogen-bond acceptors (Lipinski definition) is 4. The number of hydrogen-bond donors (Lipinski definition) is 2. The molecular formula is C20H21N3O2S. The van der Waals surface area contributed by atoms with Crippen molar-refractivity contribution >= 4 is 34.1 Å². The van der Waals surface area contributed by atoms with Crippen LogP contribution in [0.25, 0.3) is 21.5 Å². The maximum atomic E-state index is 12.7. The first kappa shape index (κ1) is 18.1. The lowest BCUT2D eigenvalue weighted by Crippen LogP contribution is -2.45. The summed E-state index contributed by atoms with van der Waals surface area (Å²) in [6.45, 7) is 5.63. The standard InChI is InChI=1S/C20H21N3O2S/c1-20(2,3)23-18(24)12-21-19(25)14-11-16(17-9-6-10-26-17)22-15-8-5-4-7-13(14)15/h4-11H,12H2,1-3H3,(H,21,25)(H,23,24). The van der Waals surface area contributed by atoms with Crippen molar-refractivity contribution in [3.63, 3.8) is 0 Å².